The van der Waals surface area contributed by atoms with E-state index in [1.807, 2.05) is 18.5 Å². The van der Waals surface area contributed by atoms with Crippen molar-refractivity contribution in [2.24, 2.45) is 5.92 Å². The topological polar surface area (TPSA) is 140 Å². The van der Waals surface area contributed by atoms with Crippen LogP contribution >= 0.6 is 0 Å². The van der Waals surface area contributed by atoms with Gasteiger partial charge in [0, 0.05) is 50.7 Å². The van der Waals surface area contributed by atoms with E-state index in [2.05, 4.69) is 20.9 Å². The van der Waals surface area contributed by atoms with E-state index in [0.717, 1.165) is 32.2 Å². The van der Waals surface area contributed by atoms with Crippen molar-refractivity contribution in [3.05, 3.63) is 30.1 Å². The Morgan fingerprint density at radius 1 is 0.860 bits per heavy atom. The van der Waals surface area contributed by atoms with Crippen LogP contribution in [0.3, 0.4) is 0 Å². The smallest absolute Gasteiger partial charge is 0.475 e. The molecule has 10 nitrogen and oxygen atoms in total. The number of morpholine rings is 1. The zero-order valence-corrected chi connectivity index (χ0v) is 22.4. The molecule has 3 fully saturated rings. The number of aromatic nitrogens is 1. The third kappa shape index (κ3) is 14.7. The van der Waals surface area contributed by atoms with Gasteiger partial charge in [0.05, 0.1) is 13.2 Å². The number of halogens is 9. The Bertz CT molecular complexity index is 969. The Balaban J connectivity index is 0.000000363. The van der Waals surface area contributed by atoms with Crippen molar-refractivity contribution >= 4 is 17.9 Å². The minimum absolute atomic E-state index is 0.326. The Morgan fingerprint density at radius 3 is 1.70 bits per heavy atom. The number of carbonyl (C=O) groups is 3. The molecule has 3 N–H and O–H groups in total. The number of aliphatic carboxylic acids is 3. The van der Waals surface area contributed by atoms with Crippen LogP contribution in [0.4, 0.5) is 39.5 Å². The fraction of sp³-hybridized carbons (Fsp3) is 0.667. The van der Waals surface area contributed by atoms with Crippen molar-refractivity contribution in [1.29, 1.82) is 0 Å². The predicted octanol–water partition coefficient (Wildman–Crippen LogP) is 4.06. The molecule has 0 bridgehead atoms. The van der Waals surface area contributed by atoms with E-state index < -0.39 is 36.4 Å². The first-order valence-electron chi connectivity index (χ1n) is 12.5. The van der Waals surface area contributed by atoms with Gasteiger partial charge in [0.15, 0.2) is 0 Å². The van der Waals surface area contributed by atoms with Crippen LogP contribution in [-0.2, 0) is 25.7 Å². The highest BCUT2D eigenvalue weighted by atomic mass is 19.4. The first-order chi connectivity index (χ1) is 19.7. The number of carboxylic acids is 3. The Kier molecular flexibility index (Phi) is 14.1. The molecule has 0 unspecified atom stereocenters. The third-order valence-electron chi connectivity index (χ3n) is 6.37. The molecule has 0 amide bonds. The van der Waals surface area contributed by atoms with E-state index in [-0.39, 0.29) is 0 Å². The molecule has 2 saturated heterocycles. The highest BCUT2D eigenvalue weighted by Gasteiger charge is 2.44. The average Bonchev–Trinajstić information content (AvgIpc) is 3.71. The van der Waals surface area contributed by atoms with Crippen molar-refractivity contribution < 1.29 is 74.0 Å². The molecule has 246 valence electrons. The van der Waals surface area contributed by atoms with E-state index in [1.165, 1.54) is 50.9 Å². The number of ether oxygens (including phenoxy) is 1. The lowest BCUT2D eigenvalue weighted by atomic mass is 9.85. The summed E-state index contributed by atoms with van der Waals surface area (Å²) in [5.74, 6) is -7.30. The molecule has 1 aromatic heterocycles. The van der Waals surface area contributed by atoms with Crippen LogP contribution < -0.4 is 0 Å². The molecule has 43 heavy (non-hydrogen) atoms. The normalized spacial score (nSPS) is 19.0. The summed E-state index contributed by atoms with van der Waals surface area (Å²) >= 11 is 0. The van der Waals surface area contributed by atoms with Gasteiger partial charge in [0.25, 0.3) is 0 Å². The van der Waals surface area contributed by atoms with Crippen LogP contribution in [0.15, 0.2) is 24.5 Å². The number of nitrogens with zero attached hydrogens (tertiary/aromatic N) is 3. The largest absolute Gasteiger partial charge is 0.490 e. The molecular weight excluding hydrogens is 613 g/mol. The van der Waals surface area contributed by atoms with Crippen LogP contribution in [-0.4, -0.2) is 111 Å². The number of likely N-dealkylation sites (tertiary alicyclic amines) is 1. The molecule has 1 spiro atoms. The number of alkyl halides is 9. The number of pyridine rings is 1. The number of rotatable bonds is 4. The highest BCUT2D eigenvalue weighted by Crippen LogP contribution is 2.37. The summed E-state index contributed by atoms with van der Waals surface area (Å²) < 4.78 is 101. The molecule has 0 atom stereocenters. The molecule has 1 aliphatic carbocycles. The second-order valence-corrected chi connectivity index (χ2v) is 9.71. The van der Waals surface area contributed by atoms with Crippen LogP contribution in [0, 0.1) is 5.92 Å². The minimum Gasteiger partial charge on any atom is -0.475 e. The number of piperidine rings is 1. The monoisotopic (exact) mass is 643 g/mol. The summed E-state index contributed by atoms with van der Waals surface area (Å²) in [7, 11) is 0. The Morgan fingerprint density at radius 2 is 1.33 bits per heavy atom. The molecular formula is C24H30F9N3O7. The van der Waals surface area contributed by atoms with Gasteiger partial charge in [0.2, 0.25) is 0 Å². The maximum Gasteiger partial charge on any atom is 0.490 e. The van der Waals surface area contributed by atoms with Crippen LogP contribution in [0.2, 0.25) is 0 Å². The van der Waals surface area contributed by atoms with Crippen molar-refractivity contribution in [3.8, 4) is 0 Å². The Hall–Kier alpha value is -3.19. The van der Waals surface area contributed by atoms with E-state index in [4.69, 9.17) is 34.4 Å². The Labute approximate surface area is 239 Å². The molecule has 19 heteroatoms. The molecule has 0 radical (unpaired) electrons. The molecule has 1 aromatic rings. The van der Waals surface area contributed by atoms with E-state index in [1.54, 1.807) is 0 Å². The lowest BCUT2D eigenvalue weighted by Gasteiger charge is -2.51. The van der Waals surface area contributed by atoms with Gasteiger partial charge in [0.1, 0.15) is 0 Å². The van der Waals surface area contributed by atoms with Crippen molar-refractivity contribution in [2.75, 3.05) is 39.4 Å². The summed E-state index contributed by atoms with van der Waals surface area (Å²) in [5.41, 5.74) is 1.65. The third-order valence-corrected chi connectivity index (χ3v) is 6.37. The fourth-order valence-electron chi connectivity index (χ4n) is 4.00. The van der Waals surface area contributed by atoms with Crippen LogP contribution in [0.1, 0.15) is 31.2 Å². The van der Waals surface area contributed by atoms with Gasteiger partial charge in [-0.1, -0.05) is 6.07 Å². The van der Waals surface area contributed by atoms with Crippen molar-refractivity contribution in [1.82, 2.24) is 14.8 Å². The van der Waals surface area contributed by atoms with Crippen molar-refractivity contribution in [3.63, 3.8) is 0 Å². The number of hydrogen-bond acceptors (Lipinski definition) is 7. The van der Waals surface area contributed by atoms with Crippen LogP contribution in [0.5, 0.6) is 0 Å². The summed E-state index contributed by atoms with van der Waals surface area (Å²) in [5, 5.41) is 21.4. The predicted molar refractivity (Wildman–Crippen MR) is 128 cm³/mol. The van der Waals surface area contributed by atoms with Crippen molar-refractivity contribution in [2.45, 2.75) is 56.3 Å². The van der Waals surface area contributed by atoms with E-state index >= 15 is 0 Å². The van der Waals surface area contributed by atoms with E-state index in [0.29, 0.717) is 5.54 Å². The summed E-state index contributed by atoms with van der Waals surface area (Å²) in [6.45, 7) is 7.71. The zero-order valence-electron chi connectivity index (χ0n) is 22.4. The average molecular weight is 643 g/mol. The molecule has 0 aromatic carbocycles. The van der Waals surface area contributed by atoms with Gasteiger partial charge >= 0.3 is 36.4 Å². The highest BCUT2D eigenvalue weighted by molar-refractivity contribution is 5.73. The zero-order chi connectivity index (χ0) is 33.1. The molecule has 2 aliphatic heterocycles. The first kappa shape index (κ1) is 37.8. The molecule has 3 heterocycles. The van der Waals surface area contributed by atoms with Crippen LogP contribution in [0.25, 0.3) is 0 Å². The standard InChI is InChI=1S/C18H27N3O.3C2HF3O2/c1-2-17(12-19-7-1)13-20-8-5-18(6-9-20)15-22-11-10-21(18)14-16-3-4-16;3*3-2(4,5)1(6)7/h1-2,7,12,16H,3-6,8-11,13-15H2;3*(H,6,7). The second-order valence-electron chi connectivity index (χ2n) is 9.71. The van der Waals surface area contributed by atoms with Gasteiger partial charge in [-0.2, -0.15) is 39.5 Å². The minimum atomic E-state index is -5.08. The SMILES string of the molecule is O=C(O)C(F)(F)F.O=C(O)C(F)(F)F.O=C(O)C(F)(F)F.c1cncc(CN2CCC3(CC2)COCCN3CC2CC2)c1. The summed E-state index contributed by atoms with van der Waals surface area (Å²) in [6.07, 6.45) is -6.02. The van der Waals surface area contributed by atoms with Gasteiger partial charge in [-0.25, -0.2) is 14.4 Å². The number of carboxylic acid groups (broad SMARTS) is 3. The molecule has 3 aliphatic rings. The summed E-state index contributed by atoms with van der Waals surface area (Å²) in [6, 6.07) is 4.22. The second kappa shape index (κ2) is 16.0. The van der Waals surface area contributed by atoms with Gasteiger partial charge < -0.3 is 20.1 Å². The number of hydrogen-bond donors (Lipinski definition) is 3. The maximum atomic E-state index is 10.6. The lowest BCUT2D eigenvalue weighted by molar-refractivity contribution is -0.193. The molecule has 1 saturated carbocycles. The fourth-order valence-corrected chi connectivity index (χ4v) is 4.00. The van der Waals surface area contributed by atoms with Gasteiger partial charge in [-0.3, -0.25) is 14.8 Å². The van der Waals surface area contributed by atoms with E-state index in [9.17, 15) is 39.5 Å². The lowest BCUT2D eigenvalue weighted by Crippen LogP contribution is -2.61. The quantitative estimate of drug-likeness (QED) is 0.412. The first-order valence-corrected chi connectivity index (χ1v) is 12.5. The van der Waals surface area contributed by atoms with Gasteiger partial charge in [-0.15, -0.1) is 0 Å². The maximum absolute atomic E-state index is 10.6. The van der Waals surface area contributed by atoms with Gasteiger partial charge in [-0.05, 0) is 43.2 Å². The molecule has 4 rings (SSSR count). The summed E-state index contributed by atoms with van der Waals surface area (Å²) in [4.78, 5) is 36.3.